The van der Waals surface area contributed by atoms with Crippen LogP contribution in [0.1, 0.15) is 77.0 Å². The Kier molecular flexibility index (Phi) is 4.52. The van der Waals surface area contributed by atoms with E-state index in [1.165, 1.54) is 43.2 Å². The van der Waals surface area contributed by atoms with Crippen LogP contribution < -0.4 is 5.46 Å². The SMILES string of the molecule is CC1(C)OB(c2ccc3c(c2)C2C(C3)OC(=O)N2CC2CCCCC2)OC1(C)C. The monoisotopic (exact) mass is 397 g/mol. The second-order valence-electron chi connectivity index (χ2n) is 10.3. The zero-order chi connectivity index (χ0) is 20.4. The van der Waals surface area contributed by atoms with E-state index in [-0.39, 0.29) is 36.6 Å². The van der Waals surface area contributed by atoms with Crippen LogP contribution in [-0.2, 0) is 20.5 Å². The van der Waals surface area contributed by atoms with Crippen LogP contribution in [0.15, 0.2) is 18.2 Å². The number of benzene rings is 1. The Morgan fingerprint density at radius 2 is 1.76 bits per heavy atom. The summed E-state index contributed by atoms with van der Waals surface area (Å²) in [6, 6.07) is 6.50. The summed E-state index contributed by atoms with van der Waals surface area (Å²) in [6.07, 6.45) is 6.94. The number of carbonyl (C=O) groups is 1. The van der Waals surface area contributed by atoms with Crippen molar-refractivity contribution in [2.75, 3.05) is 6.54 Å². The number of ether oxygens (including phenoxy) is 1. The Morgan fingerprint density at radius 1 is 1.07 bits per heavy atom. The van der Waals surface area contributed by atoms with Gasteiger partial charge in [-0.1, -0.05) is 37.5 Å². The minimum absolute atomic E-state index is 0.0294. The molecule has 2 aliphatic heterocycles. The lowest BCUT2D eigenvalue weighted by Gasteiger charge is -2.32. The number of carbonyl (C=O) groups excluding carboxylic acids is 1. The molecular formula is C23H32BNO4. The van der Waals surface area contributed by atoms with Crippen LogP contribution in [0, 0.1) is 5.92 Å². The minimum Gasteiger partial charge on any atom is -0.443 e. The van der Waals surface area contributed by atoms with Gasteiger partial charge in [0.25, 0.3) is 0 Å². The van der Waals surface area contributed by atoms with Crippen LogP contribution >= 0.6 is 0 Å². The fourth-order valence-electron chi connectivity index (χ4n) is 5.35. The normalized spacial score (nSPS) is 30.4. The van der Waals surface area contributed by atoms with Gasteiger partial charge in [0.15, 0.2) is 0 Å². The van der Waals surface area contributed by atoms with Crippen molar-refractivity contribution < 1.29 is 18.8 Å². The van der Waals surface area contributed by atoms with E-state index in [1.54, 1.807) is 0 Å². The summed E-state index contributed by atoms with van der Waals surface area (Å²) in [5.74, 6) is 0.602. The van der Waals surface area contributed by atoms with E-state index in [2.05, 4.69) is 45.9 Å². The van der Waals surface area contributed by atoms with Gasteiger partial charge >= 0.3 is 13.2 Å². The van der Waals surface area contributed by atoms with E-state index < -0.39 is 0 Å². The lowest BCUT2D eigenvalue weighted by Crippen LogP contribution is -2.41. The molecule has 1 aromatic carbocycles. The van der Waals surface area contributed by atoms with Crippen LogP contribution in [0.25, 0.3) is 0 Å². The third-order valence-corrected chi connectivity index (χ3v) is 7.79. The summed E-state index contributed by atoms with van der Waals surface area (Å²) in [5.41, 5.74) is 2.79. The molecule has 29 heavy (non-hydrogen) atoms. The van der Waals surface area contributed by atoms with E-state index in [0.29, 0.717) is 5.92 Å². The van der Waals surface area contributed by atoms with E-state index >= 15 is 0 Å². The van der Waals surface area contributed by atoms with Crippen molar-refractivity contribution in [1.82, 2.24) is 4.90 Å². The smallest absolute Gasteiger partial charge is 0.443 e. The fraction of sp³-hybridized carbons (Fsp3) is 0.696. The van der Waals surface area contributed by atoms with Gasteiger partial charge in [0.05, 0.1) is 17.2 Å². The number of amides is 1. The van der Waals surface area contributed by atoms with E-state index in [4.69, 9.17) is 14.0 Å². The third-order valence-electron chi connectivity index (χ3n) is 7.79. The average Bonchev–Trinajstić information content (AvgIpc) is 3.23. The summed E-state index contributed by atoms with van der Waals surface area (Å²) >= 11 is 0. The van der Waals surface area contributed by atoms with Crippen LogP contribution in [0.4, 0.5) is 4.79 Å². The van der Waals surface area contributed by atoms with Gasteiger partial charge in [-0.25, -0.2) is 4.79 Å². The summed E-state index contributed by atoms with van der Waals surface area (Å²) in [4.78, 5) is 14.6. The Hall–Kier alpha value is -1.53. The number of hydrogen-bond acceptors (Lipinski definition) is 4. The first-order valence-electron chi connectivity index (χ1n) is 11.2. The molecule has 5 nitrogen and oxygen atoms in total. The molecule has 2 aliphatic carbocycles. The Morgan fingerprint density at radius 3 is 2.45 bits per heavy atom. The molecule has 0 radical (unpaired) electrons. The molecule has 1 amide bonds. The molecule has 6 heteroatoms. The molecule has 2 heterocycles. The highest BCUT2D eigenvalue weighted by molar-refractivity contribution is 6.62. The maximum atomic E-state index is 12.6. The molecule has 2 atom stereocenters. The first kappa shape index (κ1) is 19.4. The molecular weight excluding hydrogens is 365 g/mol. The van der Waals surface area contributed by atoms with Crippen molar-refractivity contribution in [1.29, 1.82) is 0 Å². The lowest BCUT2D eigenvalue weighted by molar-refractivity contribution is 0.00578. The van der Waals surface area contributed by atoms with Crippen molar-refractivity contribution in [3.05, 3.63) is 29.3 Å². The summed E-state index contributed by atoms with van der Waals surface area (Å²) in [7, 11) is -0.380. The van der Waals surface area contributed by atoms with Crippen molar-refractivity contribution in [2.24, 2.45) is 5.92 Å². The van der Waals surface area contributed by atoms with Gasteiger partial charge in [-0.3, -0.25) is 4.90 Å². The maximum Gasteiger partial charge on any atom is 0.494 e. The summed E-state index contributed by atoms with van der Waals surface area (Å²) in [6.45, 7) is 9.12. The van der Waals surface area contributed by atoms with E-state index in [1.807, 2.05) is 4.90 Å². The molecule has 1 aromatic rings. The largest absolute Gasteiger partial charge is 0.494 e. The van der Waals surface area contributed by atoms with Crippen LogP contribution in [-0.4, -0.2) is 42.0 Å². The van der Waals surface area contributed by atoms with Gasteiger partial charge in [0.2, 0.25) is 0 Å². The first-order chi connectivity index (χ1) is 13.7. The van der Waals surface area contributed by atoms with Gasteiger partial charge < -0.3 is 14.0 Å². The molecule has 2 unspecified atom stereocenters. The van der Waals surface area contributed by atoms with Crippen LogP contribution in [0.2, 0.25) is 0 Å². The molecule has 0 aromatic heterocycles. The van der Waals surface area contributed by atoms with Crippen LogP contribution in [0.3, 0.4) is 0 Å². The quantitative estimate of drug-likeness (QED) is 0.724. The topological polar surface area (TPSA) is 48.0 Å². The van der Waals surface area contributed by atoms with Gasteiger partial charge in [-0.15, -0.1) is 0 Å². The molecule has 0 spiro atoms. The minimum atomic E-state index is -0.380. The lowest BCUT2D eigenvalue weighted by atomic mass is 9.77. The number of fused-ring (bicyclic) bond motifs is 3. The Bertz CT molecular complexity index is 801. The first-order valence-corrected chi connectivity index (χ1v) is 11.2. The molecule has 1 saturated carbocycles. The highest BCUT2D eigenvalue weighted by Crippen LogP contribution is 2.44. The predicted octanol–water partition coefficient (Wildman–Crippen LogP) is 3.98. The Labute approximate surface area is 174 Å². The zero-order valence-electron chi connectivity index (χ0n) is 18.1. The van der Waals surface area contributed by atoms with Crippen molar-refractivity contribution in [3.63, 3.8) is 0 Å². The number of rotatable bonds is 3. The molecule has 156 valence electrons. The standard InChI is InChI=1S/C23H32BNO4/c1-22(2)23(3,4)29-24(28-22)17-11-10-16-12-19-20(18(16)13-17)25(21(26)27-19)14-15-8-6-5-7-9-15/h10-11,13,15,19-20H,5-9,12,14H2,1-4H3. The van der Waals surface area contributed by atoms with Gasteiger partial charge in [-0.2, -0.15) is 0 Å². The predicted molar refractivity (Wildman–Crippen MR) is 112 cm³/mol. The third kappa shape index (κ3) is 3.19. The highest BCUT2D eigenvalue weighted by Gasteiger charge is 2.53. The second-order valence-corrected chi connectivity index (χ2v) is 10.3. The number of hydrogen-bond donors (Lipinski definition) is 0. The molecule has 2 saturated heterocycles. The molecule has 5 rings (SSSR count). The second kappa shape index (κ2) is 6.74. The van der Waals surface area contributed by atoms with Gasteiger partial charge in [0.1, 0.15) is 6.10 Å². The summed E-state index contributed by atoms with van der Waals surface area (Å²) in [5, 5.41) is 0. The molecule has 0 N–H and O–H groups in total. The molecule has 4 aliphatic rings. The van der Waals surface area contributed by atoms with Crippen LogP contribution in [0.5, 0.6) is 0 Å². The molecule has 3 fully saturated rings. The van der Waals surface area contributed by atoms with Gasteiger partial charge in [0, 0.05) is 13.0 Å². The van der Waals surface area contributed by atoms with Crippen molar-refractivity contribution in [2.45, 2.75) is 89.6 Å². The van der Waals surface area contributed by atoms with E-state index in [0.717, 1.165) is 18.4 Å². The average molecular weight is 397 g/mol. The van der Waals surface area contributed by atoms with Crippen molar-refractivity contribution in [3.8, 4) is 0 Å². The summed E-state index contributed by atoms with van der Waals surface area (Å²) < 4.78 is 18.3. The fourth-order valence-corrected chi connectivity index (χ4v) is 5.35. The van der Waals surface area contributed by atoms with Crippen molar-refractivity contribution >= 4 is 18.7 Å². The maximum absolute atomic E-state index is 12.6. The number of nitrogens with zero attached hydrogens (tertiary/aromatic N) is 1. The highest BCUT2D eigenvalue weighted by atomic mass is 16.7. The zero-order valence-corrected chi connectivity index (χ0v) is 18.1. The van der Waals surface area contributed by atoms with Gasteiger partial charge in [-0.05, 0) is 63.0 Å². The van der Waals surface area contributed by atoms with E-state index in [9.17, 15) is 4.79 Å². The Balaban J connectivity index is 1.41. The molecule has 0 bridgehead atoms.